The zero-order valence-corrected chi connectivity index (χ0v) is 11.5. The summed E-state index contributed by atoms with van der Waals surface area (Å²) < 4.78 is 0. The fraction of sp³-hybridized carbons (Fsp3) is 0.625. The highest BCUT2D eigenvalue weighted by Gasteiger charge is 2.66. The van der Waals surface area contributed by atoms with Gasteiger partial charge in [0.2, 0.25) is 0 Å². The summed E-state index contributed by atoms with van der Waals surface area (Å²) in [4.78, 5) is 0. The maximum absolute atomic E-state index is 6.38. The number of nitrogens with two attached hydrogens (primary N) is 1. The smallest absolute Gasteiger partial charge is 0.00809 e. The molecule has 1 aromatic rings. The summed E-state index contributed by atoms with van der Waals surface area (Å²) in [6, 6.07) is 11.0. The molecule has 2 N–H and O–H groups in total. The van der Waals surface area contributed by atoms with Crippen molar-refractivity contribution in [2.75, 3.05) is 0 Å². The lowest BCUT2D eigenvalue weighted by atomic mass is 9.98. The molecule has 0 spiro atoms. The molecule has 1 unspecified atom stereocenters. The van der Waals surface area contributed by atoms with Gasteiger partial charge in [-0.3, -0.25) is 0 Å². The van der Waals surface area contributed by atoms with E-state index in [-0.39, 0.29) is 0 Å². The molecule has 1 nitrogen and oxygen atoms in total. The Kier molecular flexibility index (Phi) is 3.07. The first kappa shape index (κ1) is 12.6. The van der Waals surface area contributed by atoms with Gasteiger partial charge in [-0.15, -0.1) is 0 Å². The minimum atomic E-state index is 0.334. The van der Waals surface area contributed by atoms with Gasteiger partial charge in [-0.05, 0) is 35.2 Å². The zero-order chi connectivity index (χ0) is 12.7. The van der Waals surface area contributed by atoms with Gasteiger partial charge in [0.05, 0.1) is 0 Å². The molecule has 0 radical (unpaired) electrons. The van der Waals surface area contributed by atoms with Crippen LogP contribution in [0, 0.1) is 16.7 Å². The first-order valence-electron chi connectivity index (χ1n) is 6.67. The third-order valence-electron chi connectivity index (χ3n) is 5.17. The van der Waals surface area contributed by atoms with Gasteiger partial charge in [-0.25, -0.2) is 0 Å². The second-order valence-corrected chi connectivity index (χ2v) is 6.61. The lowest BCUT2D eigenvalue weighted by molar-refractivity contribution is 0.457. The Morgan fingerprint density at radius 1 is 1.06 bits per heavy atom. The van der Waals surface area contributed by atoms with E-state index < -0.39 is 0 Å². The van der Waals surface area contributed by atoms with Crippen molar-refractivity contribution in [2.45, 2.75) is 46.6 Å². The number of benzene rings is 1. The van der Waals surface area contributed by atoms with Gasteiger partial charge >= 0.3 is 0 Å². The third kappa shape index (κ3) is 2.13. The molecular formula is C16H25N. The summed E-state index contributed by atoms with van der Waals surface area (Å²) in [5, 5.41) is 0. The highest BCUT2D eigenvalue weighted by Crippen LogP contribution is 2.69. The molecule has 0 amide bonds. The topological polar surface area (TPSA) is 26.0 Å². The molecule has 1 heteroatoms. The molecule has 0 bridgehead atoms. The maximum atomic E-state index is 6.38. The van der Waals surface area contributed by atoms with E-state index in [9.17, 15) is 0 Å². The van der Waals surface area contributed by atoms with E-state index >= 15 is 0 Å². The van der Waals surface area contributed by atoms with Crippen LogP contribution < -0.4 is 5.73 Å². The fourth-order valence-electron chi connectivity index (χ4n) is 3.46. The van der Waals surface area contributed by atoms with Gasteiger partial charge < -0.3 is 5.73 Å². The van der Waals surface area contributed by atoms with E-state index in [1.54, 1.807) is 0 Å². The monoisotopic (exact) mass is 231 g/mol. The minimum absolute atomic E-state index is 0.334. The van der Waals surface area contributed by atoms with Crippen molar-refractivity contribution >= 4 is 0 Å². The Labute approximate surface area is 105 Å². The Bertz CT molecular complexity index is 364. The predicted molar refractivity (Wildman–Crippen MR) is 73.8 cm³/mol. The van der Waals surface area contributed by atoms with E-state index in [4.69, 9.17) is 5.73 Å². The molecule has 0 heterocycles. The molecule has 1 aliphatic rings. The Balaban J connectivity index is 1.90. The Hall–Kier alpha value is -0.820. The maximum Gasteiger partial charge on any atom is 0.00809 e. The number of rotatable bonds is 4. The standard InChI is InChI=1S/C16H25N/c1-15(2)14(16(15,3)4)13(17)11-10-12-8-6-5-7-9-12/h5-9,13-14H,10-11,17H2,1-4H3. The first-order valence-corrected chi connectivity index (χ1v) is 6.67. The van der Waals surface area contributed by atoms with Crippen LogP contribution >= 0.6 is 0 Å². The highest BCUT2D eigenvalue weighted by atomic mass is 14.8. The van der Waals surface area contributed by atoms with Crippen LogP contribution in [0.5, 0.6) is 0 Å². The van der Waals surface area contributed by atoms with Crippen molar-refractivity contribution < 1.29 is 0 Å². The van der Waals surface area contributed by atoms with Crippen LogP contribution in [0.15, 0.2) is 30.3 Å². The van der Waals surface area contributed by atoms with Gasteiger partial charge in [0, 0.05) is 6.04 Å². The molecule has 0 aromatic heterocycles. The Morgan fingerprint density at radius 3 is 2.06 bits per heavy atom. The van der Waals surface area contributed by atoms with Crippen molar-refractivity contribution in [3.8, 4) is 0 Å². The Morgan fingerprint density at radius 2 is 1.59 bits per heavy atom. The van der Waals surface area contributed by atoms with Gasteiger partial charge in [0.15, 0.2) is 0 Å². The zero-order valence-electron chi connectivity index (χ0n) is 11.5. The predicted octanol–water partition coefficient (Wildman–Crippen LogP) is 3.63. The molecule has 1 atom stereocenters. The van der Waals surface area contributed by atoms with Crippen LogP contribution in [0.4, 0.5) is 0 Å². The van der Waals surface area contributed by atoms with Crippen molar-refractivity contribution in [2.24, 2.45) is 22.5 Å². The molecule has 1 aromatic carbocycles. The van der Waals surface area contributed by atoms with E-state index in [0.29, 0.717) is 22.8 Å². The summed E-state index contributed by atoms with van der Waals surface area (Å²) in [5.41, 5.74) is 8.59. The van der Waals surface area contributed by atoms with Crippen molar-refractivity contribution in [3.05, 3.63) is 35.9 Å². The van der Waals surface area contributed by atoms with Crippen LogP contribution in [0.2, 0.25) is 0 Å². The van der Waals surface area contributed by atoms with Crippen LogP contribution in [-0.4, -0.2) is 6.04 Å². The lowest BCUT2D eigenvalue weighted by Crippen LogP contribution is -2.26. The largest absolute Gasteiger partial charge is 0.327 e. The van der Waals surface area contributed by atoms with Crippen molar-refractivity contribution in [3.63, 3.8) is 0 Å². The number of aryl methyl sites for hydroxylation is 1. The van der Waals surface area contributed by atoms with E-state index in [0.717, 1.165) is 12.8 Å². The van der Waals surface area contributed by atoms with Gasteiger partial charge in [-0.1, -0.05) is 58.0 Å². The minimum Gasteiger partial charge on any atom is -0.327 e. The summed E-state index contributed by atoms with van der Waals surface area (Å²) >= 11 is 0. The molecule has 2 rings (SSSR count). The molecule has 1 saturated carbocycles. The van der Waals surface area contributed by atoms with E-state index in [1.165, 1.54) is 5.56 Å². The second kappa shape index (κ2) is 4.13. The molecule has 0 aliphatic heterocycles. The van der Waals surface area contributed by atoms with Gasteiger partial charge in [-0.2, -0.15) is 0 Å². The molecule has 94 valence electrons. The average molecular weight is 231 g/mol. The van der Waals surface area contributed by atoms with Crippen LogP contribution in [0.25, 0.3) is 0 Å². The van der Waals surface area contributed by atoms with E-state index in [1.807, 2.05) is 0 Å². The second-order valence-electron chi connectivity index (χ2n) is 6.61. The SMILES string of the molecule is CC1(C)C(C(N)CCc2ccccc2)C1(C)C. The van der Waals surface area contributed by atoms with Crippen LogP contribution in [0.1, 0.15) is 39.7 Å². The highest BCUT2D eigenvalue weighted by molar-refractivity contribution is 5.18. The fourth-order valence-corrected chi connectivity index (χ4v) is 3.46. The molecule has 0 saturated heterocycles. The number of hydrogen-bond donors (Lipinski definition) is 1. The van der Waals surface area contributed by atoms with Crippen LogP contribution in [-0.2, 0) is 6.42 Å². The normalized spacial score (nSPS) is 23.4. The average Bonchev–Trinajstić information content (AvgIpc) is 2.68. The van der Waals surface area contributed by atoms with Gasteiger partial charge in [0.1, 0.15) is 0 Å². The van der Waals surface area contributed by atoms with Crippen molar-refractivity contribution in [1.29, 1.82) is 0 Å². The molecule has 1 fully saturated rings. The quantitative estimate of drug-likeness (QED) is 0.841. The van der Waals surface area contributed by atoms with E-state index in [2.05, 4.69) is 58.0 Å². The van der Waals surface area contributed by atoms with Crippen molar-refractivity contribution in [1.82, 2.24) is 0 Å². The first-order chi connectivity index (χ1) is 7.87. The summed E-state index contributed by atoms with van der Waals surface area (Å²) in [6.45, 7) is 9.39. The summed E-state index contributed by atoms with van der Waals surface area (Å²) in [5.74, 6) is 0.665. The molecule has 1 aliphatic carbocycles. The molecule has 17 heavy (non-hydrogen) atoms. The lowest BCUT2D eigenvalue weighted by Gasteiger charge is -2.13. The summed E-state index contributed by atoms with van der Waals surface area (Å²) in [7, 11) is 0. The molecular weight excluding hydrogens is 206 g/mol. The summed E-state index contributed by atoms with van der Waals surface area (Å²) in [6.07, 6.45) is 2.20. The van der Waals surface area contributed by atoms with Gasteiger partial charge in [0.25, 0.3) is 0 Å². The third-order valence-corrected chi connectivity index (χ3v) is 5.17. The number of hydrogen-bond acceptors (Lipinski definition) is 1. The van der Waals surface area contributed by atoms with Crippen LogP contribution in [0.3, 0.4) is 0 Å².